The maximum Gasteiger partial charge on any atom is 0.255 e. The number of rotatable bonds is 4. The summed E-state index contributed by atoms with van der Waals surface area (Å²) in [6, 6.07) is 12.6. The molecular formula is C19H22ClN3O2. The molecule has 1 amide bonds. The smallest absolute Gasteiger partial charge is 0.255 e. The van der Waals surface area contributed by atoms with E-state index >= 15 is 0 Å². The van der Waals surface area contributed by atoms with Crippen molar-refractivity contribution in [2.75, 3.05) is 50.6 Å². The molecule has 1 heterocycles. The first-order valence-electron chi connectivity index (χ1n) is 8.25. The number of amides is 1. The summed E-state index contributed by atoms with van der Waals surface area (Å²) in [6.07, 6.45) is 0. The van der Waals surface area contributed by atoms with E-state index in [9.17, 15) is 4.79 Å². The molecule has 0 bridgehead atoms. The molecule has 25 heavy (non-hydrogen) atoms. The number of nitrogens with one attached hydrogen (secondary N) is 1. The fraction of sp³-hybridized carbons (Fsp3) is 0.316. The minimum Gasteiger partial charge on any atom is -0.497 e. The van der Waals surface area contributed by atoms with E-state index in [1.807, 2.05) is 12.1 Å². The average Bonchev–Trinajstić information content (AvgIpc) is 2.63. The average molecular weight is 360 g/mol. The Labute approximate surface area is 153 Å². The molecule has 0 unspecified atom stereocenters. The van der Waals surface area contributed by atoms with Crippen LogP contribution < -0.4 is 15.0 Å². The fourth-order valence-corrected chi connectivity index (χ4v) is 3.13. The first-order chi connectivity index (χ1) is 12.1. The van der Waals surface area contributed by atoms with Gasteiger partial charge in [-0.15, -0.1) is 0 Å². The lowest BCUT2D eigenvalue weighted by molar-refractivity contribution is 0.102. The van der Waals surface area contributed by atoms with Gasteiger partial charge in [-0.3, -0.25) is 4.79 Å². The first-order valence-corrected chi connectivity index (χ1v) is 8.63. The van der Waals surface area contributed by atoms with E-state index < -0.39 is 0 Å². The lowest BCUT2D eigenvalue weighted by Crippen LogP contribution is -2.44. The van der Waals surface area contributed by atoms with E-state index in [1.54, 1.807) is 37.4 Å². The zero-order valence-electron chi connectivity index (χ0n) is 14.5. The molecule has 1 N–H and O–H groups in total. The van der Waals surface area contributed by atoms with Gasteiger partial charge >= 0.3 is 0 Å². The van der Waals surface area contributed by atoms with E-state index in [4.69, 9.17) is 16.3 Å². The molecule has 132 valence electrons. The van der Waals surface area contributed by atoms with Crippen LogP contribution in [0.2, 0.25) is 5.02 Å². The van der Waals surface area contributed by atoms with Crippen LogP contribution in [-0.4, -0.2) is 51.1 Å². The van der Waals surface area contributed by atoms with E-state index in [2.05, 4.69) is 22.2 Å². The Morgan fingerprint density at radius 1 is 1.08 bits per heavy atom. The van der Waals surface area contributed by atoms with Crippen molar-refractivity contribution in [3.8, 4) is 5.75 Å². The molecule has 2 aromatic carbocycles. The Morgan fingerprint density at radius 3 is 2.36 bits per heavy atom. The van der Waals surface area contributed by atoms with E-state index in [0.29, 0.717) is 16.3 Å². The number of benzene rings is 2. The summed E-state index contributed by atoms with van der Waals surface area (Å²) in [5, 5.41) is 3.53. The standard InChI is InChI=1S/C19H22ClN3O2/c1-22-9-11-23(12-10-22)18-8-5-15(13-17(18)20)21-19(24)14-3-6-16(25-2)7-4-14/h3-8,13H,9-12H2,1-2H3,(H,21,24). The summed E-state index contributed by atoms with van der Waals surface area (Å²) in [5.74, 6) is 0.544. The summed E-state index contributed by atoms with van der Waals surface area (Å²) in [6.45, 7) is 3.94. The normalized spacial score (nSPS) is 15.1. The van der Waals surface area contributed by atoms with Crippen LogP contribution in [0.15, 0.2) is 42.5 Å². The molecule has 1 aliphatic heterocycles. The van der Waals surface area contributed by atoms with Crippen LogP contribution in [0.3, 0.4) is 0 Å². The zero-order valence-corrected chi connectivity index (χ0v) is 15.2. The number of ether oxygens (including phenoxy) is 1. The number of hydrogen-bond donors (Lipinski definition) is 1. The van der Waals surface area contributed by atoms with Crippen LogP contribution in [0.5, 0.6) is 5.75 Å². The Morgan fingerprint density at radius 2 is 1.76 bits per heavy atom. The number of halogens is 1. The van der Waals surface area contributed by atoms with Crippen LogP contribution in [0, 0.1) is 0 Å². The van der Waals surface area contributed by atoms with Crippen molar-refractivity contribution in [2.45, 2.75) is 0 Å². The van der Waals surface area contributed by atoms with Gasteiger partial charge in [0.2, 0.25) is 0 Å². The van der Waals surface area contributed by atoms with E-state index in [1.165, 1.54) is 0 Å². The number of hydrogen-bond acceptors (Lipinski definition) is 4. The van der Waals surface area contributed by atoms with Gasteiger partial charge in [0.05, 0.1) is 17.8 Å². The Kier molecular flexibility index (Phi) is 5.46. The molecular weight excluding hydrogens is 338 g/mol. The van der Waals surface area contributed by atoms with Crippen molar-refractivity contribution in [1.82, 2.24) is 4.90 Å². The minimum absolute atomic E-state index is 0.175. The molecule has 0 spiro atoms. The molecule has 0 atom stereocenters. The number of carbonyl (C=O) groups is 1. The van der Waals surface area contributed by atoms with Gasteiger partial charge in [-0.2, -0.15) is 0 Å². The van der Waals surface area contributed by atoms with Gasteiger partial charge in [-0.25, -0.2) is 0 Å². The molecule has 0 aromatic heterocycles. The summed E-state index contributed by atoms with van der Waals surface area (Å²) < 4.78 is 5.10. The second-order valence-corrected chi connectivity index (χ2v) is 6.55. The summed E-state index contributed by atoms with van der Waals surface area (Å²) in [7, 11) is 3.72. The van der Waals surface area contributed by atoms with Crippen LogP contribution in [0.1, 0.15) is 10.4 Å². The number of likely N-dealkylation sites (N-methyl/N-ethyl adjacent to an activating group) is 1. The minimum atomic E-state index is -0.175. The SMILES string of the molecule is COc1ccc(C(=O)Nc2ccc(N3CCN(C)CC3)c(Cl)c2)cc1. The predicted octanol–water partition coefficient (Wildman–Crippen LogP) is 3.35. The topological polar surface area (TPSA) is 44.8 Å². The van der Waals surface area contributed by atoms with Crippen LogP contribution >= 0.6 is 11.6 Å². The number of methoxy groups -OCH3 is 1. The van der Waals surface area contributed by atoms with Gasteiger partial charge in [0.1, 0.15) is 5.75 Å². The molecule has 1 aliphatic rings. The highest BCUT2D eigenvalue weighted by Crippen LogP contribution is 2.29. The molecule has 0 aliphatic carbocycles. The van der Waals surface area contributed by atoms with Crippen LogP contribution in [-0.2, 0) is 0 Å². The van der Waals surface area contributed by atoms with E-state index in [-0.39, 0.29) is 5.91 Å². The second-order valence-electron chi connectivity index (χ2n) is 6.14. The summed E-state index contributed by atoms with van der Waals surface area (Å²) in [4.78, 5) is 16.9. The summed E-state index contributed by atoms with van der Waals surface area (Å²) in [5.41, 5.74) is 2.26. The predicted molar refractivity (Wildman–Crippen MR) is 102 cm³/mol. The Bertz CT molecular complexity index is 741. The number of nitrogens with zero attached hydrogens (tertiary/aromatic N) is 2. The van der Waals surface area contributed by atoms with Gasteiger partial charge in [-0.05, 0) is 49.5 Å². The molecule has 2 aromatic rings. The van der Waals surface area contributed by atoms with Gasteiger partial charge in [0.25, 0.3) is 5.91 Å². The highest BCUT2D eigenvalue weighted by Gasteiger charge is 2.17. The third-order valence-corrected chi connectivity index (χ3v) is 4.70. The van der Waals surface area contributed by atoms with Crippen LogP contribution in [0.25, 0.3) is 0 Å². The summed E-state index contributed by atoms with van der Waals surface area (Å²) >= 11 is 6.45. The van der Waals surface area contributed by atoms with Crippen molar-refractivity contribution >= 4 is 28.9 Å². The first kappa shape index (κ1) is 17.6. The van der Waals surface area contributed by atoms with E-state index in [0.717, 1.165) is 37.6 Å². The van der Waals surface area contributed by atoms with Crippen molar-refractivity contribution < 1.29 is 9.53 Å². The number of piperazine rings is 1. The lowest BCUT2D eigenvalue weighted by Gasteiger charge is -2.34. The Balaban J connectivity index is 1.68. The highest BCUT2D eigenvalue weighted by atomic mass is 35.5. The lowest BCUT2D eigenvalue weighted by atomic mass is 10.2. The van der Waals surface area contributed by atoms with Gasteiger partial charge in [0, 0.05) is 37.4 Å². The van der Waals surface area contributed by atoms with Gasteiger partial charge < -0.3 is 19.9 Å². The van der Waals surface area contributed by atoms with Crippen molar-refractivity contribution in [1.29, 1.82) is 0 Å². The number of anilines is 2. The molecule has 3 rings (SSSR count). The molecule has 5 nitrogen and oxygen atoms in total. The third kappa shape index (κ3) is 4.24. The van der Waals surface area contributed by atoms with Crippen molar-refractivity contribution in [3.05, 3.63) is 53.1 Å². The quantitative estimate of drug-likeness (QED) is 0.909. The van der Waals surface area contributed by atoms with Gasteiger partial charge in [0.15, 0.2) is 0 Å². The Hall–Kier alpha value is -2.24. The van der Waals surface area contributed by atoms with Crippen molar-refractivity contribution in [2.24, 2.45) is 0 Å². The van der Waals surface area contributed by atoms with Gasteiger partial charge in [-0.1, -0.05) is 11.6 Å². The number of carbonyl (C=O) groups excluding carboxylic acids is 1. The largest absolute Gasteiger partial charge is 0.497 e. The molecule has 0 radical (unpaired) electrons. The maximum atomic E-state index is 12.3. The molecule has 1 fully saturated rings. The zero-order chi connectivity index (χ0) is 17.8. The third-order valence-electron chi connectivity index (χ3n) is 4.40. The molecule has 1 saturated heterocycles. The molecule has 6 heteroatoms. The monoisotopic (exact) mass is 359 g/mol. The highest BCUT2D eigenvalue weighted by molar-refractivity contribution is 6.33. The second kappa shape index (κ2) is 7.76. The maximum absolute atomic E-state index is 12.3. The van der Waals surface area contributed by atoms with Crippen molar-refractivity contribution in [3.63, 3.8) is 0 Å². The fourth-order valence-electron chi connectivity index (χ4n) is 2.83. The molecule has 0 saturated carbocycles. The van der Waals surface area contributed by atoms with Crippen LogP contribution in [0.4, 0.5) is 11.4 Å².